The quantitative estimate of drug-likeness (QED) is 0.594. The molecule has 0 aliphatic heterocycles. The molecule has 0 atom stereocenters. The van der Waals surface area contributed by atoms with E-state index in [2.05, 4.69) is 25.9 Å². The van der Waals surface area contributed by atoms with E-state index in [1.165, 1.54) is 23.0 Å². The van der Waals surface area contributed by atoms with Crippen molar-refractivity contribution in [3.05, 3.63) is 63.2 Å². The van der Waals surface area contributed by atoms with Crippen molar-refractivity contribution < 1.29 is 9.59 Å². The Morgan fingerprint density at radius 3 is 2.69 bits per heavy atom. The van der Waals surface area contributed by atoms with Crippen molar-refractivity contribution in [3.63, 3.8) is 0 Å². The molecule has 2 aromatic heterocycles. The third-order valence-corrected chi connectivity index (χ3v) is 4.90. The normalized spacial score (nSPS) is 13.2. The predicted molar refractivity (Wildman–Crippen MR) is 107 cm³/mol. The zero-order chi connectivity index (χ0) is 20.5. The molecule has 148 valence electrons. The maximum Gasteiger partial charge on any atom is 0.264 e. The fraction of sp³-hybridized carbons (Fsp3) is 0.211. The standard InChI is InChI=1S/C19H17ClN6O3/c1-10-13(9-21-26(10)16-6-7-17(27)25-24-16)19(29)22-12-4-5-14(20)15(8-12)23-18(28)11-2-3-11/h4-9,11H,2-3H2,1H3,(H,22,29)(H,23,28)(H,25,27). The highest BCUT2D eigenvalue weighted by Gasteiger charge is 2.30. The average molecular weight is 413 g/mol. The third-order valence-electron chi connectivity index (χ3n) is 4.57. The summed E-state index contributed by atoms with van der Waals surface area (Å²) in [5.41, 5.74) is 1.50. The molecule has 4 rings (SSSR count). The fourth-order valence-corrected chi connectivity index (χ4v) is 2.96. The first-order valence-electron chi connectivity index (χ1n) is 8.95. The molecule has 1 aliphatic carbocycles. The van der Waals surface area contributed by atoms with Gasteiger partial charge in [-0.2, -0.15) is 10.2 Å². The van der Waals surface area contributed by atoms with E-state index < -0.39 is 0 Å². The Balaban J connectivity index is 1.53. The van der Waals surface area contributed by atoms with Crippen molar-refractivity contribution >= 4 is 34.8 Å². The molecule has 2 amide bonds. The van der Waals surface area contributed by atoms with E-state index >= 15 is 0 Å². The lowest BCUT2D eigenvalue weighted by atomic mass is 10.2. The van der Waals surface area contributed by atoms with Gasteiger partial charge in [0.05, 0.1) is 28.2 Å². The molecule has 9 nitrogen and oxygen atoms in total. The third kappa shape index (κ3) is 4.04. The van der Waals surface area contributed by atoms with Gasteiger partial charge in [0.1, 0.15) is 0 Å². The number of rotatable bonds is 5. The van der Waals surface area contributed by atoms with E-state index in [1.54, 1.807) is 25.1 Å². The highest BCUT2D eigenvalue weighted by atomic mass is 35.5. The van der Waals surface area contributed by atoms with Crippen LogP contribution in [0.5, 0.6) is 0 Å². The summed E-state index contributed by atoms with van der Waals surface area (Å²) in [7, 11) is 0. The number of aromatic amines is 1. The SMILES string of the molecule is Cc1c(C(=O)Nc2ccc(Cl)c(NC(=O)C3CC3)c2)cnn1-c1ccc(=O)[nH]n1. The first-order chi connectivity index (χ1) is 13.9. The highest BCUT2D eigenvalue weighted by Crippen LogP contribution is 2.32. The summed E-state index contributed by atoms with van der Waals surface area (Å²) >= 11 is 6.15. The van der Waals surface area contributed by atoms with Crippen molar-refractivity contribution in [1.29, 1.82) is 0 Å². The Hall–Kier alpha value is -3.46. The molecule has 3 N–H and O–H groups in total. The first-order valence-corrected chi connectivity index (χ1v) is 9.32. The Bertz CT molecular complexity index is 1140. The van der Waals surface area contributed by atoms with Gasteiger partial charge in [0.25, 0.3) is 11.5 Å². The minimum Gasteiger partial charge on any atom is -0.324 e. The molecular weight excluding hydrogens is 396 g/mol. The van der Waals surface area contributed by atoms with Gasteiger partial charge in [-0.25, -0.2) is 9.78 Å². The van der Waals surface area contributed by atoms with E-state index in [-0.39, 0.29) is 23.3 Å². The molecule has 0 bridgehead atoms. The first kappa shape index (κ1) is 18.9. The number of carbonyl (C=O) groups is 2. The maximum atomic E-state index is 12.7. The molecule has 2 heterocycles. The fourth-order valence-electron chi connectivity index (χ4n) is 2.80. The molecule has 1 saturated carbocycles. The van der Waals surface area contributed by atoms with E-state index in [1.807, 2.05) is 0 Å². The molecule has 3 aromatic rings. The number of anilines is 2. The van der Waals surface area contributed by atoms with Crippen LogP contribution in [-0.4, -0.2) is 31.8 Å². The molecule has 0 spiro atoms. The number of aromatic nitrogens is 4. The smallest absolute Gasteiger partial charge is 0.264 e. The number of halogens is 1. The summed E-state index contributed by atoms with van der Waals surface area (Å²) in [6, 6.07) is 7.71. The van der Waals surface area contributed by atoms with Gasteiger partial charge in [-0.05, 0) is 44.0 Å². The largest absolute Gasteiger partial charge is 0.324 e. The van der Waals surface area contributed by atoms with E-state index in [0.717, 1.165) is 12.8 Å². The zero-order valence-corrected chi connectivity index (χ0v) is 16.2. The lowest BCUT2D eigenvalue weighted by Gasteiger charge is -2.10. The van der Waals surface area contributed by atoms with Crippen LogP contribution in [0.4, 0.5) is 11.4 Å². The summed E-state index contributed by atoms with van der Waals surface area (Å²) in [5.74, 6) is -0.0158. The van der Waals surface area contributed by atoms with Crippen molar-refractivity contribution in [2.75, 3.05) is 10.6 Å². The van der Waals surface area contributed by atoms with Crippen molar-refractivity contribution in [2.24, 2.45) is 5.92 Å². The van der Waals surface area contributed by atoms with Gasteiger partial charge in [0.2, 0.25) is 5.91 Å². The van der Waals surface area contributed by atoms with Crippen molar-refractivity contribution in [1.82, 2.24) is 20.0 Å². The van der Waals surface area contributed by atoms with Gasteiger partial charge in [-0.3, -0.25) is 14.4 Å². The number of carbonyl (C=O) groups excluding carboxylic acids is 2. The van der Waals surface area contributed by atoms with Crippen LogP contribution in [0.15, 0.2) is 41.3 Å². The number of H-pyrrole nitrogens is 1. The number of nitrogens with one attached hydrogen (secondary N) is 3. The van der Waals surface area contributed by atoms with Crippen molar-refractivity contribution in [2.45, 2.75) is 19.8 Å². The number of amides is 2. The number of benzene rings is 1. The second kappa shape index (κ2) is 7.51. The second-order valence-corrected chi connectivity index (χ2v) is 7.15. The molecule has 0 radical (unpaired) electrons. The van der Waals surface area contributed by atoms with Gasteiger partial charge in [-0.15, -0.1) is 0 Å². The monoisotopic (exact) mass is 412 g/mol. The number of hydrogen-bond acceptors (Lipinski definition) is 5. The van der Waals surface area contributed by atoms with Crippen LogP contribution in [0.25, 0.3) is 5.82 Å². The van der Waals surface area contributed by atoms with Crippen LogP contribution in [0, 0.1) is 12.8 Å². The summed E-state index contributed by atoms with van der Waals surface area (Å²) in [6.45, 7) is 1.72. The Labute approximate surface area is 170 Å². The molecule has 1 aromatic carbocycles. The van der Waals surface area contributed by atoms with Crippen LogP contribution >= 0.6 is 11.6 Å². The van der Waals surface area contributed by atoms with E-state index in [4.69, 9.17) is 11.6 Å². The van der Waals surface area contributed by atoms with Crippen molar-refractivity contribution in [3.8, 4) is 5.82 Å². The minimum atomic E-state index is -0.375. The van der Waals surface area contributed by atoms with Gasteiger partial charge >= 0.3 is 0 Å². The highest BCUT2D eigenvalue weighted by molar-refractivity contribution is 6.34. The number of nitrogens with zero attached hydrogens (tertiary/aromatic N) is 3. The summed E-state index contributed by atoms with van der Waals surface area (Å²) in [4.78, 5) is 35.9. The predicted octanol–water partition coefficient (Wildman–Crippen LogP) is 2.52. The van der Waals surface area contributed by atoms with Crippen LogP contribution < -0.4 is 16.2 Å². The Morgan fingerprint density at radius 1 is 1.21 bits per heavy atom. The summed E-state index contributed by atoms with van der Waals surface area (Å²) < 4.78 is 1.45. The average Bonchev–Trinajstić information content (AvgIpc) is 3.48. The molecule has 0 unspecified atom stereocenters. The van der Waals surface area contributed by atoms with Gasteiger partial charge in [-0.1, -0.05) is 11.6 Å². The lowest BCUT2D eigenvalue weighted by molar-refractivity contribution is -0.117. The summed E-state index contributed by atoms with van der Waals surface area (Å²) in [6.07, 6.45) is 3.18. The van der Waals surface area contributed by atoms with Crippen LogP contribution in [0.2, 0.25) is 5.02 Å². The molecule has 1 fully saturated rings. The minimum absolute atomic E-state index is 0.0411. The number of hydrogen-bond donors (Lipinski definition) is 3. The molecule has 1 aliphatic rings. The van der Waals surface area contributed by atoms with E-state index in [9.17, 15) is 14.4 Å². The van der Waals surface area contributed by atoms with Gasteiger partial charge in [0, 0.05) is 17.7 Å². The lowest BCUT2D eigenvalue weighted by Crippen LogP contribution is -2.16. The maximum absolute atomic E-state index is 12.7. The Kier molecular flexibility index (Phi) is 4.89. The van der Waals surface area contributed by atoms with Crippen LogP contribution in [0.3, 0.4) is 0 Å². The van der Waals surface area contributed by atoms with Crippen LogP contribution in [-0.2, 0) is 4.79 Å². The second-order valence-electron chi connectivity index (χ2n) is 6.75. The Morgan fingerprint density at radius 2 is 2.00 bits per heavy atom. The molecule has 10 heteroatoms. The molecular formula is C19H17ClN6O3. The summed E-state index contributed by atoms with van der Waals surface area (Å²) in [5, 5.41) is 16.4. The molecule has 0 saturated heterocycles. The zero-order valence-electron chi connectivity index (χ0n) is 15.4. The van der Waals surface area contributed by atoms with Gasteiger partial charge < -0.3 is 10.6 Å². The van der Waals surface area contributed by atoms with Gasteiger partial charge in [0.15, 0.2) is 5.82 Å². The van der Waals surface area contributed by atoms with E-state index in [0.29, 0.717) is 33.5 Å². The van der Waals surface area contributed by atoms with Crippen LogP contribution in [0.1, 0.15) is 28.9 Å². The topological polar surface area (TPSA) is 122 Å². The molecule has 29 heavy (non-hydrogen) atoms.